The first-order valence-electron chi connectivity index (χ1n) is 6.01. The van der Waals surface area contributed by atoms with Crippen LogP contribution in [0.4, 0.5) is 0 Å². The van der Waals surface area contributed by atoms with Gasteiger partial charge in [-0.2, -0.15) is 0 Å². The van der Waals surface area contributed by atoms with E-state index >= 15 is 0 Å². The number of rotatable bonds is 4. The maximum atomic E-state index is 11.8. The molecule has 2 nitrogen and oxygen atoms in total. The van der Waals surface area contributed by atoms with Crippen molar-refractivity contribution >= 4 is 27.5 Å². The average Bonchev–Trinajstić information content (AvgIpc) is 2.20. The van der Waals surface area contributed by atoms with Crippen LogP contribution in [0.25, 0.3) is 0 Å². The molecular weight excluding hydrogens is 280 g/mol. The van der Waals surface area contributed by atoms with Gasteiger partial charge in [0.25, 0.3) is 0 Å². The summed E-state index contributed by atoms with van der Waals surface area (Å²) in [4.78, 5) is 23.6. The van der Waals surface area contributed by atoms with Crippen LogP contribution in [0.1, 0.15) is 40.5 Å². The second-order valence-electron chi connectivity index (χ2n) is 5.36. The molecule has 0 saturated heterocycles. The number of halogens is 1. The molecule has 0 radical (unpaired) electrons. The van der Waals surface area contributed by atoms with Gasteiger partial charge in [-0.05, 0) is 46.2 Å². The zero-order valence-corrected chi connectivity index (χ0v) is 12.4. The third kappa shape index (κ3) is 3.63. The molecule has 0 aromatic rings. The van der Waals surface area contributed by atoms with Crippen molar-refractivity contribution in [3.63, 3.8) is 0 Å². The lowest BCUT2D eigenvalue weighted by molar-refractivity contribution is -0.132. The van der Waals surface area contributed by atoms with Crippen LogP contribution in [-0.2, 0) is 9.59 Å². The molecule has 0 saturated carbocycles. The molecule has 0 aromatic carbocycles. The number of ketones is 2. The van der Waals surface area contributed by atoms with Crippen LogP contribution in [0, 0.1) is 11.8 Å². The van der Waals surface area contributed by atoms with E-state index in [0.29, 0.717) is 28.3 Å². The van der Waals surface area contributed by atoms with E-state index in [1.807, 2.05) is 19.9 Å². The van der Waals surface area contributed by atoms with Gasteiger partial charge in [0, 0.05) is 5.57 Å². The summed E-state index contributed by atoms with van der Waals surface area (Å²) in [6.45, 7) is 8.30. The van der Waals surface area contributed by atoms with E-state index in [0.717, 1.165) is 12.0 Å². The van der Waals surface area contributed by atoms with Gasteiger partial charge >= 0.3 is 0 Å². The third-order valence-corrected chi connectivity index (χ3v) is 3.45. The van der Waals surface area contributed by atoms with E-state index in [1.54, 1.807) is 0 Å². The van der Waals surface area contributed by atoms with E-state index in [1.165, 1.54) is 0 Å². The molecule has 0 N–H and O–H groups in total. The van der Waals surface area contributed by atoms with E-state index < -0.39 is 0 Å². The van der Waals surface area contributed by atoms with E-state index in [2.05, 4.69) is 29.8 Å². The van der Waals surface area contributed by atoms with Crippen LogP contribution in [0.5, 0.6) is 0 Å². The molecule has 0 fully saturated rings. The van der Waals surface area contributed by atoms with Crippen molar-refractivity contribution in [3.8, 4) is 0 Å². The van der Waals surface area contributed by atoms with Gasteiger partial charge in [0.15, 0.2) is 0 Å². The predicted molar refractivity (Wildman–Crippen MR) is 73.0 cm³/mol. The summed E-state index contributed by atoms with van der Waals surface area (Å²) in [5.74, 6) is 0.113. The maximum absolute atomic E-state index is 11.8. The summed E-state index contributed by atoms with van der Waals surface area (Å²) in [6, 6.07) is 0. The fourth-order valence-electron chi connectivity index (χ4n) is 1.91. The number of carbonyl (C=O) groups is 2. The highest BCUT2D eigenvalue weighted by molar-refractivity contribution is 9.12. The van der Waals surface area contributed by atoms with Gasteiger partial charge in [-0.3, -0.25) is 9.59 Å². The molecule has 0 aliphatic heterocycles. The Morgan fingerprint density at radius 2 is 1.53 bits per heavy atom. The molecule has 17 heavy (non-hydrogen) atoms. The second kappa shape index (κ2) is 5.76. The van der Waals surface area contributed by atoms with Crippen molar-refractivity contribution in [2.45, 2.75) is 40.5 Å². The van der Waals surface area contributed by atoms with Crippen molar-refractivity contribution in [1.29, 1.82) is 0 Å². The third-order valence-electron chi connectivity index (χ3n) is 2.58. The fourth-order valence-corrected chi connectivity index (χ4v) is 2.37. The Labute approximate surface area is 111 Å². The standard InChI is InChI=1S/C14H19BrO2/c1-8(2)5-10-7-11(6-9(3)4)13(16)14(17)12(10)15/h7-9H,5-6H2,1-4H3. The largest absolute Gasteiger partial charge is 0.285 e. The highest BCUT2D eigenvalue weighted by Gasteiger charge is 2.28. The monoisotopic (exact) mass is 298 g/mol. The van der Waals surface area contributed by atoms with Crippen molar-refractivity contribution in [3.05, 3.63) is 21.7 Å². The van der Waals surface area contributed by atoms with Gasteiger partial charge in [0.1, 0.15) is 0 Å². The Morgan fingerprint density at radius 3 is 2.00 bits per heavy atom. The molecule has 1 aliphatic carbocycles. The highest BCUT2D eigenvalue weighted by atomic mass is 79.9. The molecule has 0 aromatic heterocycles. The second-order valence-corrected chi connectivity index (χ2v) is 6.16. The first-order chi connectivity index (χ1) is 7.82. The Morgan fingerprint density at radius 1 is 1.00 bits per heavy atom. The van der Waals surface area contributed by atoms with E-state index in [-0.39, 0.29) is 11.6 Å². The van der Waals surface area contributed by atoms with Crippen molar-refractivity contribution in [2.24, 2.45) is 11.8 Å². The Balaban J connectivity index is 3.06. The van der Waals surface area contributed by atoms with Crippen LogP contribution in [0.15, 0.2) is 21.7 Å². The first kappa shape index (κ1) is 14.4. The minimum Gasteiger partial charge on any atom is -0.285 e. The molecule has 0 unspecified atom stereocenters. The predicted octanol–water partition coefficient (Wildman–Crippen LogP) is 3.81. The van der Waals surface area contributed by atoms with Gasteiger partial charge < -0.3 is 0 Å². The molecule has 3 heteroatoms. The van der Waals surface area contributed by atoms with Gasteiger partial charge in [-0.15, -0.1) is 0 Å². The van der Waals surface area contributed by atoms with Crippen molar-refractivity contribution < 1.29 is 9.59 Å². The van der Waals surface area contributed by atoms with E-state index in [9.17, 15) is 9.59 Å². The normalized spacial score (nSPS) is 17.2. The topological polar surface area (TPSA) is 34.1 Å². The zero-order chi connectivity index (χ0) is 13.2. The average molecular weight is 299 g/mol. The Hall–Kier alpha value is -0.700. The number of Topliss-reactive ketones (excluding diaryl/α,β-unsaturated/α-hetero) is 2. The number of allylic oxidation sites excluding steroid dienone is 4. The van der Waals surface area contributed by atoms with Gasteiger partial charge in [-0.1, -0.05) is 33.8 Å². The molecule has 0 spiro atoms. The van der Waals surface area contributed by atoms with Crippen LogP contribution >= 0.6 is 15.9 Å². The molecule has 1 aliphatic rings. The molecule has 0 bridgehead atoms. The lowest BCUT2D eigenvalue weighted by Gasteiger charge is -2.17. The Kier molecular flexibility index (Phi) is 4.87. The summed E-state index contributed by atoms with van der Waals surface area (Å²) in [7, 11) is 0. The first-order valence-corrected chi connectivity index (χ1v) is 6.80. The summed E-state index contributed by atoms with van der Waals surface area (Å²) in [5, 5.41) is 0. The van der Waals surface area contributed by atoms with Gasteiger partial charge in [0.05, 0.1) is 4.48 Å². The molecule has 0 amide bonds. The Bertz CT molecular complexity index is 400. The summed E-state index contributed by atoms with van der Waals surface area (Å²) < 4.78 is 0.448. The van der Waals surface area contributed by atoms with E-state index in [4.69, 9.17) is 0 Å². The summed E-state index contributed by atoms with van der Waals surface area (Å²) in [6.07, 6.45) is 3.39. The van der Waals surface area contributed by atoms with Gasteiger partial charge in [0.2, 0.25) is 11.6 Å². The van der Waals surface area contributed by atoms with Crippen LogP contribution < -0.4 is 0 Å². The number of hydrogen-bond acceptors (Lipinski definition) is 2. The lowest BCUT2D eigenvalue weighted by Crippen LogP contribution is -2.22. The van der Waals surface area contributed by atoms with Crippen LogP contribution in [0.2, 0.25) is 0 Å². The van der Waals surface area contributed by atoms with Gasteiger partial charge in [-0.25, -0.2) is 0 Å². The fraction of sp³-hybridized carbons (Fsp3) is 0.571. The maximum Gasteiger partial charge on any atom is 0.240 e. The minimum absolute atomic E-state index is 0.349. The quantitative estimate of drug-likeness (QED) is 0.584. The minimum atomic E-state index is -0.390. The molecule has 1 rings (SSSR count). The SMILES string of the molecule is CC(C)CC1=CC(CC(C)C)=C(Br)C(=O)C1=O. The molecule has 94 valence electrons. The number of carbonyl (C=O) groups excluding carboxylic acids is 2. The smallest absolute Gasteiger partial charge is 0.240 e. The van der Waals surface area contributed by atoms with Crippen LogP contribution in [-0.4, -0.2) is 11.6 Å². The molecule has 0 atom stereocenters. The highest BCUT2D eigenvalue weighted by Crippen LogP contribution is 2.30. The molecular formula is C14H19BrO2. The zero-order valence-electron chi connectivity index (χ0n) is 10.8. The van der Waals surface area contributed by atoms with Crippen molar-refractivity contribution in [2.75, 3.05) is 0 Å². The lowest BCUT2D eigenvalue weighted by atomic mass is 9.88. The van der Waals surface area contributed by atoms with Crippen LogP contribution in [0.3, 0.4) is 0 Å². The summed E-state index contributed by atoms with van der Waals surface area (Å²) in [5.41, 5.74) is 1.61. The summed E-state index contributed by atoms with van der Waals surface area (Å²) >= 11 is 3.25. The number of hydrogen-bond donors (Lipinski definition) is 0. The molecule has 0 heterocycles. The van der Waals surface area contributed by atoms with Crippen molar-refractivity contribution in [1.82, 2.24) is 0 Å².